The average Bonchev–Trinajstić information content (AvgIpc) is 2.81. The number of methoxy groups -OCH3 is 1. The van der Waals surface area contributed by atoms with Gasteiger partial charge in [0.15, 0.2) is 0 Å². The highest BCUT2D eigenvalue weighted by Gasteiger charge is 1.93. The number of aryl methyl sites for hydroxylation is 3. The van der Waals surface area contributed by atoms with Gasteiger partial charge in [0.25, 0.3) is 0 Å². The molecule has 1 aromatic carbocycles. The maximum Gasteiger partial charge on any atom is 0.119 e. The molecular weight excluding hydrogens is 236 g/mol. The van der Waals surface area contributed by atoms with Crippen LogP contribution < -0.4 is 4.74 Å². The van der Waals surface area contributed by atoms with E-state index in [2.05, 4.69) is 22.0 Å². The van der Waals surface area contributed by atoms with Gasteiger partial charge in [0.05, 0.1) is 19.1 Å². The highest BCUT2D eigenvalue weighted by atomic mass is 16.5. The number of hydrogen-bond acceptors (Lipinski definition) is 2. The number of nitrogens with zero attached hydrogens (tertiary/aromatic N) is 1. The number of H-pyrrole nitrogens is 1. The molecule has 0 bridgehead atoms. The van der Waals surface area contributed by atoms with Crippen molar-refractivity contribution >= 4 is 0 Å². The molecule has 2 aromatic rings. The third-order valence-corrected chi connectivity index (χ3v) is 2.77. The number of hydrogen-bond donors (Lipinski definition) is 1. The number of nitrogens with one attached hydrogen (secondary N) is 1. The molecule has 1 heterocycles. The Labute approximate surface area is 115 Å². The number of terminal acetylenes is 1. The predicted molar refractivity (Wildman–Crippen MR) is 78.2 cm³/mol. The fourth-order valence-electron chi connectivity index (χ4n) is 1.47. The van der Waals surface area contributed by atoms with E-state index in [4.69, 9.17) is 11.2 Å². The van der Waals surface area contributed by atoms with Crippen molar-refractivity contribution in [2.24, 2.45) is 0 Å². The number of ether oxygens (including phenoxy) is 1. The quantitative estimate of drug-likeness (QED) is 0.856. The standard InChI is InChI=1S/C11H12O.C5H8N2/c1-3-4-6-10-7-5-8-11(9-10)12-2;1-4-5(2)7-3-6-4/h1,5,7-9H,4,6H2,2H3;3H,1-2H3,(H,6,7). The summed E-state index contributed by atoms with van der Waals surface area (Å²) in [6.07, 6.45) is 8.57. The zero-order valence-corrected chi connectivity index (χ0v) is 11.7. The SMILES string of the molecule is C#CCCc1cccc(OC)c1.Cc1nc[nH]c1C. The summed E-state index contributed by atoms with van der Waals surface area (Å²) in [6.45, 7) is 3.98. The average molecular weight is 256 g/mol. The van der Waals surface area contributed by atoms with Crippen LogP contribution in [0.25, 0.3) is 0 Å². The second-order valence-corrected chi connectivity index (χ2v) is 4.17. The number of benzene rings is 1. The minimum Gasteiger partial charge on any atom is -0.497 e. The Kier molecular flexibility index (Phi) is 6.25. The van der Waals surface area contributed by atoms with Crippen LogP contribution in [0.5, 0.6) is 5.75 Å². The lowest BCUT2D eigenvalue weighted by molar-refractivity contribution is 0.414. The molecule has 1 N–H and O–H groups in total. The van der Waals surface area contributed by atoms with E-state index in [1.807, 2.05) is 32.0 Å². The first-order valence-corrected chi connectivity index (χ1v) is 6.20. The van der Waals surface area contributed by atoms with E-state index in [0.29, 0.717) is 0 Å². The van der Waals surface area contributed by atoms with Gasteiger partial charge in [-0.25, -0.2) is 4.98 Å². The van der Waals surface area contributed by atoms with E-state index in [-0.39, 0.29) is 0 Å². The zero-order valence-electron chi connectivity index (χ0n) is 11.7. The summed E-state index contributed by atoms with van der Waals surface area (Å²) in [5.74, 6) is 3.51. The summed E-state index contributed by atoms with van der Waals surface area (Å²) < 4.78 is 5.08. The van der Waals surface area contributed by atoms with Crippen LogP contribution in [0, 0.1) is 26.2 Å². The van der Waals surface area contributed by atoms with E-state index >= 15 is 0 Å². The molecule has 3 nitrogen and oxygen atoms in total. The number of aromatic amines is 1. The molecule has 0 saturated heterocycles. The van der Waals surface area contributed by atoms with Gasteiger partial charge in [-0.2, -0.15) is 0 Å². The van der Waals surface area contributed by atoms with Crippen molar-refractivity contribution < 1.29 is 4.74 Å². The minimum atomic E-state index is 0.785. The van der Waals surface area contributed by atoms with Crippen molar-refractivity contribution in [3.63, 3.8) is 0 Å². The molecule has 100 valence electrons. The normalized spacial score (nSPS) is 9.16. The van der Waals surface area contributed by atoms with E-state index in [1.54, 1.807) is 13.4 Å². The van der Waals surface area contributed by atoms with E-state index < -0.39 is 0 Å². The van der Waals surface area contributed by atoms with Gasteiger partial charge in [-0.05, 0) is 38.0 Å². The van der Waals surface area contributed by atoms with Crippen molar-refractivity contribution in [1.29, 1.82) is 0 Å². The largest absolute Gasteiger partial charge is 0.497 e. The summed E-state index contributed by atoms with van der Waals surface area (Å²) in [7, 11) is 1.67. The van der Waals surface area contributed by atoms with E-state index in [1.165, 1.54) is 5.56 Å². The molecule has 0 aliphatic heterocycles. The van der Waals surface area contributed by atoms with Crippen LogP contribution in [0.4, 0.5) is 0 Å². The zero-order chi connectivity index (χ0) is 14.1. The van der Waals surface area contributed by atoms with Crippen molar-refractivity contribution in [3.8, 4) is 18.1 Å². The van der Waals surface area contributed by atoms with Gasteiger partial charge in [-0.1, -0.05) is 12.1 Å². The molecule has 3 heteroatoms. The molecule has 0 atom stereocenters. The van der Waals surface area contributed by atoms with Crippen LogP contribution in [-0.2, 0) is 6.42 Å². The van der Waals surface area contributed by atoms with Crippen molar-refractivity contribution in [2.75, 3.05) is 7.11 Å². The van der Waals surface area contributed by atoms with Gasteiger partial charge in [-0.15, -0.1) is 12.3 Å². The van der Waals surface area contributed by atoms with Gasteiger partial charge < -0.3 is 9.72 Å². The third kappa shape index (κ3) is 5.31. The second-order valence-electron chi connectivity index (χ2n) is 4.17. The van der Waals surface area contributed by atoms with Crippen molar-refractivity contribution in [1.82, 2.24) is 9.97 Å². The van der Waals surface area contributed by atoms with Crippen LogP contribution in [0.2, 0.25) is 0 Å². The van der Waals surface area contributed by atoms with Gasteiger partial charge in [-0.3, -0.25) is 0 Å². The fourth-order valence-corrected chi connectivity index (χ4v) is 1.47. The summed E-state index contributed by atoms with van der Waals surface area (Å²) >= 11 is 0. The molecule has 0 saturated carbocycles. The molecule has 19 heavy (non-hydrogen) atoms. The van der Waals surface area contributed by atoms with Crippen LogP contribution in [0.15, 0.2) is 30.6 Å². The molecule has 0 aliphatic carbocycles. The van der Waals surface area contributed by atoms with Gasteiger partial charge >= 0.3 is 0 Å². The first-order valence-electron chi connectivity index (χ1n) is 6.20. The Morgan fingerprint density at radius 2 is 2.16 bits per heavy atom. The van der Waals surface area contributed by atoms with Gasteiger partial charge in [0.1, 0.15) is 5.75 Å². The smallest absolute Gasteiger partial charge is 0.119 e. The monoisotopic (exact) mass is 256 g/mol. The highest BCUT2D eigenvalue weighted by Crippen LogP contribution is 2.13. The maximum absolute atomic E-state index is 5.17. The van der Waals surface area contributed by atoms with Crippen molar-refractivity contribution in [3.05, 3.63) is 47.5 Å². The molecule has 0 aliphatic rings. The summed E-state index contributed by atoms with van der Waals surface area (Å²) in [5.41, 5.74) is 3.47. The molecule has 0 fully saturated rings. The van der Waals surface area contributed by atoms with E-state index in [9.17, 15) is 0 Å². The number of aromatic nitrogens is 2. The molecule has 2 rings (SSSR count). The lowest BCUT2D eigenvalue weighted by Crippen LogP contribution is -1.86. The molecular formula is C16H20N2O. The highest BCUT2D eigenvalue weighted by molar-refractivity contribution is 5.28. The summed E-state index contributed by atoms with van der Waals surface area (Å²) in [4.78, 5) is 6.92. The molecule has 0 amide bonds. The second kappa shape index (κ2) is 7.99. The van der Waals surface area contributed by atoms with Crippen LogP contribution in [-0.4, -0.2) is 17.1 Å². The first kappa shape index (κ1) is 14.8. The number of imidazole rings is 1. The number of rotatable bonds is 3. The minimum absolute atomic E-state index is 0.785. The Bertz CT molecular complexity index is 521. The Hall–Kier alpha value is -2.21. The maximum atomic E-state index is 5.17. The first-order chi connectivity index (χ1) is 9.17. The predicted octanol–water partition coefficient (Wildman–Crippen LogP) is 3.29. The summed E-state index contributed by atoms with van der Waals surface area (Å²) in [5, 5.41) is 0. The molecule has 0 spiro atoms. The molecule has 0 unspecified atom stereocenters. The van der Waals surface area contributed by atoms with Gasteiger partial charge in [0.2, 0.25) is 0 Å². The van der Waals surface area contributed by atoms with Crippen LogP contribution >= 0.6 is 0 Å². The van der Waals surface area contributed by atoms with Gasteiger partial charge in [0, 0.05) is 12.1 Å². The van der Waals surface area contributed by atoms with Crippen LogP contribution in [0.3, 0.4) is 0 Å². The lowest BCUT2D eigenvalue weighted by Gasteiger charge is -2.01. The fraction of sp³-hybridized carbons (Fsp3) is 0.312. The Morgan fingerprint density at radius 1 is 1.37 bits per heavy atom. The summed E-state index contributed by atoms with van der Waals surface area (Å²) in [6, 6.07) is 7.97. The lowest BCUT2D eigenvalue weighted by atomic mass is 10.1. The third-order valence-electron chi connectivity index (χ3n) is 2.77. The Balaban J connectivity index is 0.000000218. The Morgan fingerprint density at radius 3 is 2.63 bits per heavy atom. The molecule has 1 aromatic heterocycles. The van der Waals surface area contributed by atoms with Crippen molar-refractivity contribution in [2.45, 2.75) is 26.7 Å². The van der Waals surface area contributed by atoms with E-state index in [0.717, 1.165) is 30.0 Å². The van der Waals surface area contributed by atoms with Crippen LogP contribution in [0.1, 0.15) is 23.4 Å². The topological polar surface area (TPSA) is 37.9 Å². The molecule has 0 radical (unpaired) electrons.